The Kier molecular flexibility index (Phi) is 5.47. The van der Waals surface area contributed by atoms with Crippen molar-refractivity contribution in [3.63, 3.8) is 0 Å². The van der Waals surface area contributed by atoms with E-state index in [0.717, 1.165) is 6.07 Å². The van der Waals surface area contributed by atoms with Gasteiger partial charge in [-0.3, -0.25) is 4.79 Å². The second-order valence-electron chi connectivity index (χ2n) is 5.58. The van der Waals surface area contributed by atoms with Gasteiger partial charge in [0.1, 0.15) is 10.7 Å². The van der Waals surface area contributed by atoms with Crippen molar-refractivity contribution in [1.29, 1.82) is 0 Å². The predicted molar refractivity (Wildman–Crippen MR) is 78.8 cm³/mol. The maximum absolute atomic E-state index is 13.8. The van der Waals surface area contributed by atoms with Crippen LogP contribution >= 0.6 is 0 Å². The summed E-state index contributed by atoms with van der Waals surface area (Å²) in [7, 11) is -4.21. The molecule has 0 aromatic heterocycles. The summed E-state index contributed by atoms with van der Waals surface area (Å²) in [6.07, 6.45) is 0. The second-order valence-corrected chi connectivity index (χ2v) is 7.11. The quantitative estimate of drug-likeness (QED) is 0.868. The van der Waals surface area contributed by atoms with Crippen LogP contribution in [-0.4, -0.2) is 20.9 Å². The van der Waals surface area contributed by atoms with Gasteiger partial charge in [0.15, 0.2) is 0 Å². The highest BCUT2D eigenvalue weighted by atomic mass is 32.2. The van der Waals surface area contributed by atoms with Crippen LogP contribution in [0.4, 0.5) is 4.39 Å². The Balaban J connectivity index is 3.04. The van der Waals surface area contributed by atoms with Crippen molar-refractivity contribution in [2.45, 2.75) is 32.6 Å². The first kappa shape index (κ1) is 17.6. The lowest BCUT2D eigenvalue weighted by Gasteiger charge is -2.16. The van der Waals surface area contributed by atoms with Gasteiger partial charge in [0, 0.05) is 12.1 Å². The van der Waals surface area contributed by atoms with E-state index in [1.165, 1.54) is 13.0 Å². The fourth-order valence-electron chi connectivity index (χ4n) is 1.67. The van der Waals surface area contributed by atoms with Crippen LogP contribution in [0.1, 0.15) is 36.7 Å². The Labute approximate surface area is 124 Å². The van der Waals surface area contributed by atoms with Gasteiger partial charge >= 0.3 is 0 Å². The molecule has 1 aromatic rings. The lowest BCUT2D eigenvalue weighted by molar-refractivity contribution is 0.0944. The van der Waals surface area contributed by atoms with Gasteiger partial charge in [-0.15, -0.1) is 0 Å². The molecule has 1 amide bonds. The number of aryl methyl sites for hydroxylation is 1. The number of sulfonamides is 1. The fraction of sp³-hybridized carbons (Fsp3) is 0.500. The van der Waals surface area contributed by atoms with E-state index in [0.29, 0.717) is 12.5 Å². The molecule has 0 aliphatic heterocycles. The van der Waals surface area contributed by atoms with Crippen molar-refractivity contribution in [3.05, 3.63) is 29.1 Å². The molecule has 1 aromatic carbocycles. The average Bonchev–Trinajstić information content (AvgIpc) is 2.36. The predicted octanol–water partition coefficient (Wildman–Crippen LogP) is 1.80. The number of primary sulfonamides is 1. The Morgan fingerprint density at radius 2 is 1.90 bits per heavy atom. The van der Waals surface area contributed by atoms with E-state index in [2.05, 4.69) is 5.32 Å². The molecule has 0 spiro atoms. The number of carbonyl (C=O) groups is 1. The van der Waals surface area contributed by atoms with Gasteiger partial charge in [-0.05, 0) is 36.5 Å². The van der Waals surface area contributed by atoms with Crippen LogP contribution in [0.3, 0.4) is 0 Å². The van der Waals surface area contributed by atoms with Gasteiger partial charge in [0.2, 0.25) is 10.0 Å². The van der Waals surface area contributed by atoms with Crippen LogP contribution in [0.2, 0.25) is 0 Å². The van der Waals surface area contributed by atoms with Crippen LogP contribution in [0, 0.1) is 24.6 Å². The number of carbonyl (C=O) groups excluding carboxylic acids is 1. The molecule has 0 bridgehead atoms. The molecule has 7 heteroatoms. The van der Waals surface area contributed by atoms with Gasteiger partial charge < -0.3 is 5.32 Å². The minimum atomic E-state index is -4.21. The van der Waals surface area contributed by atoms with E-state index in [9.17, 15) is 17.6 Å². The summed E-state index contributed by atoms with van der Waals surface area (Å²) in [6.45, 7) is 7.92. The molecule has 0 saturated carbocycles. The van der Waals surface area contributed by atoms with E-state index < -0.39 is 26.6 Å². The highest BCUT2D eigenvalue weighted by Gasteiger charge is 2.20. The van der Waals surface area contributed by atoms with E-state index in [-0.39, 0.29) is 17.0 Å². The maximum atomic E-state index is 13.8. The molecule has 0 aliphatic rings. The first-order valence-electron chi connectivity index (χ1n) is 6.65. The molecule has 0 radical (unpaired) electrons. The summed E-state index contributed by atoms with van der Waals surface area (Å²) in [5.74, 6) is -0.700. The molecule has 1 unspecified atom stereocenters. The topological polar surface area (TPSA) is 89.3 Å². The van der Waals surface area contributed by atoms with E-state index in [4.69, 9.17) is 5.14 Å². The van der Waals surface area contributed by atoms with E-state index in [1.807, 2.05) is 20.8 Å². The zero-order valence-corrected chi connectivity index (χ0v) is 13.4. The third-order valence-corrected chi connectivity index (χ3v) is 4.42. The molecule has 0 aliphatic carbocycles. The summed E-state index contributed by atoms with van der Waals surface area (Å²) in [6, 6.07) is 2.27. The number of amides is 1. The number of halogens is 1. The molecule has 3 N–H and O–H groups in total. The molecule has 0 heterocycles. The van der Waals surface area contributed by atoms with Crippen molar-refractivity contribution in [1.82, 2.24) is 5.32 Å². The number of benzene rings is 1. The van der Waals surface area contributed by atoms with Crippen molar-refractivity contribution in [2.75, 3.05) is 6.54 Å². The third kappa shape index (κ3) is 4.50. The Morgan fingerprint density at radius 3 is 2.38 bits per heavy atom. The molecule has 0 saturated heterocycles. The number of rotatable bonds is 5. The lowest BCUT2D eigenvalue weighted by atomic mass is 9.98. The number of hydrogen-bond donors (Lipinski definition) is 2. The van der Waals surface area contributed by atoms with Gasteiger partial charge in [0.25, 0.3) is 5.91 Å². The van der Waals surface area contributed by atoms with Crippen LogP contribution in [-0.2, 0) is 10.0 Å². The summed E-state index contributed by atoms with van der Waals surface area (Å²) in [5.41, 5.74) is 0.137. The van der Waals surface area contributed by atoms with Crippen molar-refractivity contribution in [2.24, 2.45) is 17.0 Å². The Bertz CT molecular complexity index is 642. The van der Waals surface area contributed by atoms with Gasteiger partial charge in [-0.25, -0.2) is 17.9 Å². The van der Waals surface area contributed by atoms with Crippen LogP contribution in [0.5, 0.6) is 0 Å². The normalized spacial score (nSPS) is 13.3. The second kappa shape index (κ2) is 6.53. The number of hydrogen-bond acceptors (Lipinski definition) is 3. The smallest absolute Gasteiger partial charge is 0.251 e. The minimum Gasteiger partial charge on any atom is -0.352 e. The molecular formula is C14H21FN2O3S. The summed E-state index contributed by atoms with van der Waals surface area (Å²) >= 11 is 0. The highest BCUT2D eigenvalue weighted by molar-refractivity contribution is 7.89. The van der Waals surface area contributed by atoms with Crippen molar-refractivity contribution < 1.29 is 17.6 Å². The first-order chi connectivity index (χ1) is 9.54. The minimum absolute atomic E-state index is 0.0589. The molecule has 118 valence electrons. The number of nitrogens with one attached hydrogen (secondary N) is 1. The van der Waals surface area contributed by atoms with E-state index in [1.54, 1.807) is 0 Å². The molecule has 5 nitrogen and oxygen atoms in total. The molecule has 1 atom stereocenters. The largest absolute Gasteiger partial charge is 0.352 e. The van der Waals surface area contributed by atoms with Crippen LogP contribution in [0.25, 0.3) is 0 Å². The zero-order valence-electron chi connectivity index (χ0n) is 12.6. The lowest BCUT2D eigenvalue weighted by Crippen LogP contribution is -2.30. The SMILES string of the molecule is Cc1cc(C(=O)NCC(C)C(C)C)cc(S(N)(=O)=O)c1F. The highest BCUT2D eigenvalue weighted by Crippen LogP contribution is 2.19. The van der Waals surface area contributed by atoms with Crippen molar-refractivity contribution in [3.8, 4) is 0 Å². The third-order valence-electron chi connectivity index (χ3n) is 3.51. The van der Waals surface area contributed by atoms with Gasteiger partial charge in [-0.2, -0.15) is 0 Å². The first-order valence-corrected chi connectivity index (χ1v) is 8.19. The molecular weight excluding hydrogens is 295 g/mol. The van der Waals surface area contributed by atoms with Gasteiger partial charge in [0.05, 0.1) is 0 Å². The van der Waals surface area contributed by atoms with Crippen molar-refractivity contribution >= 4 is 15.9 Å². The van der Waals surface area contributed by atoms with Crippen LogP contribution in [0.15, 0.2) is 17.0 Å². The Hall–Kier alpha value is -1.47. The summed E-state index contributed by atoms with van der Waals surface area (Å²) < 4.78 is 36.5. The standard InChI is InChI=1S/C14H21FN2O3S/c1-8(2)10(4)7-17-14(18)11-5-9(3)13(15)12(6-11)21(16,19)20/h5-6,8,10H,7H2,1-4H3,(H,17,18)(H2,16,19,20). The average molecular weight is 316 g/mol. The van der Waals surface area contributed by atoms with E-state index >= 15 is 0 Å². The summed E-state index contributed by atoms with van der Waals surface area (Å²) in [4.78, 5) is 11.4. The zero-order chi connectivity index (χ0) is 16.4. The maximum Gasteiger partial charge on any atom is 0.251 e. The van der Waals surface area contributed by atoms with Gasteiger partial charge in [-0.1, -0.05) is 20.8 Å². The monoisotopic (exact) mass is 316 g/mol. The number of nitrogens with two attached hydrogens (primary N) is 1. The molecule has 21 heavy (non-hydrogen) atoms. The molecule has 0 fully saturated rings. The Morgan fingerprint density at radius 1 is 1.33 bits per heavy atom. The molecule has 1 rings (SSSR count). The fourth-order valence-corrected chi connectivity index (χ4v) is 2.37. The van der Waals surface area contributed by atoms with Crippen LogP contribution < -0.4 is 10.5 Å². The summed E-state index contributed by atoms with van der Waals surface area (Å²) in [5, 5.41) is 7.67.